The monoisotopic (exact) mass is 524 g/mol. The van der Waals surface area contributed by atoms with Crippen LogP contribution in [-0.4, -0.2) is 51.8 Å². The van der Waals surface area contributed by atoms with Crippen LogP contribution in [0, 0.1) is 0 Å². The summed E-state index contributed by atoms with van der Waals surface area (Å²) < 4.78 is 10.5. The van der Waals surface area contributed by atoms with E-state index in [0.717, 1.165) is 37.1 Å². The SMILES string of the molecule is CN=C(NCc1ccc(OC)cc1)NCC(c1ccc(OC)cc1)N1CCCC1.I. The van der Waals surface area contributed by atoms with Gasteiger partial charge in [0.25, 0.3) is 0 Å². The number of methoxy groups -OCH3 is 2. The van der Waals surface area contributed by atoms with Crippen LogP contribution in [0.5, 0.6) is 11.5 Å². The highest BCUT2D eigenvalue weighted by Crippen LogP contribution is 2.26. The Hall–Kier alpha value is -2.00. The van der Waals surface area contributed by atoms with Gasteiger partial charge in [0.15, 0.2) is 5.96 Å². The Kier molecular flexibility index (Phi) is 10.2. The molecule has 2 aromatic rings. The van der Waals surface area contributed by atoms with Crippen molar-refractivity contribution in [2.24, 2.45) is 4.99 Å². The number of rotatable bonds is 8. The van der Waals surface area contributed by atoms with E-state index in [1.807, 2.05) is 31.3 Å². The van der Waals surface area contributed by atoms with Gasteiger partial charge >= 0.3 is 0 Å². The molecule has 164 valence electrons. The van der Waals surface area contributed by atoms with E-state index in [0.29, 0.717) is 12.6 Å². The van der Waals surface area contributed by atoms with Crippen LogP contribution in [-0.2, 0) is 6.54 Å². The van der Waals surface area contributed by atoms with Crippen LogP contribution < -0.4 is 20.1 Å². The van der Waals surface area contributed by atoms with Gasteiger partial charge in [-0.25, -0.2) is 0 Å². The highest BCUT2D eigenvalue weighted by molar-refractivity contribution is 14.0. The molecule has 0 amide bonds. The maximum absolute atomic E-state index is 5.31. The molecule has 1 aliphatic heterocycles. The number of nitrogens with zero attached hydrogens (tertiary/aromatic N) is 2. The minimum absolute atomic E-state index is 0. The van der Waals surface area contributed by atoms with E-state index in [4.69, 9.17) is 9.47 Å². The van der Waals surface area contributed by atoms with Gasteiger partial charge in [0, 0.05) is 20.1 Å². The topological polar surface area (TPSA) is 58.1 Å². The molecule has 0 spiro atoms. The first-order chi connectivity index (χ1) is 14.2. The van der Waals surface area contributed by atoms with E-state index in [-0.39, 0.29) is 24.0 Å². The smallest absolute Gasteiger partial charge is 0.191 e. The van der Waals surface area contributed by atoms with Crippen molar-refractivity contribution in [2.45, 2.75) is 25.4 Å². The predicted molar refractivity (Wildman–Crippen MR) is 133 cm³/mol. The van der Waals surface area contributed by atoms with E-state index < -0.39 is 0 Å². The van der Waals surface area contributed by atoms with Crippen LogP contribution in [0.25, 0.3) is 0 Å². The van der Waals surface area contributed by atoms with Crippen LogP contribution in [0.4, 0.5) is 0 Å². The molecule has 1 atom stereocenters. The molecule has 2 aromatic carbocycles. The van der Waals surface area contributed by atoms with Crippen LogP contribution in [0.1, 0.15) is 30.0 Å². The van der Waals surface area contributed by atoms with Crippen molar-refractivity contribution in [3.8, 4) is 11.5 Å². The molecule has 3 rings (SSSR count). The van der Waals surface area contributed by atoms with E-state index in [2.05, 4.69) is 44.8 Å². The van der Waals surface area contributed by atoms with Gasteiger partial charge in [-0.3, -0.25) is 9.89 Å². The lowest BCUT2D eigenvalue weighted by molar-refractivity contribution is 0.245. The van der Waals surface area contributed by atoms with E-state index >= 15 is 0 Å². The van der Waals surface area contributed by atoms with Crippen molar-refractivity contribution in [3.05, 3.63) is 59.7 Å². The molecule has 0 radical (unpaired) electrons. The zero-order valence-electron chi connectivity index (χ0n) is 18.1. The van der Waals surface area contributed by atoms with Gasteiger partial charge in [0.1, 0.15) is 11.5 Å². The highest BCUT2D eigenvalue weighted by atomic mass is 127. The molecule has 0 aliphatic carbocycles. The Morgan fingerprint density at radius 3 is 2.03 bits per heavy atom. The zero-order chi connectivity index (χ0) is 20.5. The van der Waals surface area contributed by atoms with Crippen molar-refractivity contribution in [1.82, 2.24) is 15.5 Å². The number of nitrogens with one attached hydrogen (secondary N) is 2. The van der Waals surface area contributed by atoms with Crippen molar-refractivity contribution in [2.75, 3.05) is 40.9 Å². The summed E-state index contributed by atoms with van der Waals surface area (Å²) in [6, 6.07) is 16.8. The summed E-state index contributed by atoms with van der Waals surface area (Å²) in [5.74, 6) is 2.56. The third-order valence-corrected chi connectivity index (χ3v) is 5.39. The van der Waals surface area contributed by atoms with Gasteiger partial charge in [0.05, 0.1) is 20.3 Å². The lowest BCUT2D eigenvalue weighted by atomic mass is 10.1. The van der Waals surface area contributed by atoms with Crippen molar-refractivity contribution < 1.29 is 9.47 Å². The predicted octanol–water partition coefficient (Wildman–Crippen LogP) is 3.82. The maximum Gasteiger partial charge on any atom is 0.191 e. The molecule has 7 heteroatoms. The average Bonchev–Trinajstić information content (AvgIpc) is 3.31. The molecule has 2 N–H and O–H groups in total. The molecule has 0 saturated carbocycles. The summed E-state index contributed by atoms with van der Waals surface area (Å²) in [6.45, 7) is 3.78. The standard InChI is InChI=1S/C23H32N4O2.HI/c1-24-23(25-16-18-6-10-20(28-2)11-7-18)26-17-22(27-14-4-5-15-27)19-8-12-21(29-3)13-9-19;/h6-13,22H,4-5,14-17H2,1-3H3,(H2,24,25,26);1H. The molecule has 1 aliphatic rings. The number of ether oxygens (including phenoxy) is 2. The summed E-state index contributed by atoms with van der Waals surface area (Å²) in [5.41, 5.74) is 2.48. The Morgan fingerprint density at radius 2 is 1.50 bits per heavy atom. The summed E-state index contributed by atoms with van der Waals surface area (Å²) in [7, 11) is 5.19. The summed E-state index contributed by atoms with van der Waals surface area (Å²) in [4.78, 5) is 6.93. The second-order valence-electron chi connectivity index (χ2n) is 7.19. The summed E-state index contributed by atoms with van der Waals surface area (Å²) >= 11 is 0. The Bertz CT molecular complexity index is 775. The van der Waals surface area contributed by atoms with Crippen molar-refractivity contribution >= 4 is 29.9 Å². The molecule has 1 fully saturated rings. The van der Waals surface area contributed by atoms with Crippen molar-refractivity contribution in [1.29, 1.82) is 0 Å². The van der Waals surface area contributed by atoms with Crippen molar-refractivity contribution in [3.63, 3.8) is 0 Å². The second kappa shape index (κ2) is 12.6. The molecular weight excluding hydrogens is 491 g/mol. The summed E-state index contributed by atoms with van der Waals surface area (Å²) in [6.07, 6.45) is 2.52. The molecule has 1 saturated heterocycles. The first-order valence-electron chi connectivity index (χ1n) is 10.2. The minimum atomic E-state index is 0. The number of guanidine groups is 1. The van der Waals surface area contributed by atoms with E-state index in [1.54, 1.807) is 14.2 Å². The molecule has 0 bridgehead atoms. The minimum Gasteiger partial charge on any atom is -0.497 e. The first kappa shape index (κ1) is 24.3. The molecular formula is C23H33IN4O2. The number of hydrogen-bond acceptors (Lipinski definition) is 4. The fourth-order valence-electron chi connectivity index (χ4n) is 3.68. The van der Waals surface area contributed by atoms with E-state index in [9.17, 15) is 0 Å². The van der Waals surface area contributed by atoms with Gasteiger partial charge in [0.2, 0.25) is 0 Å². The maximum atomic E-state index is 5.31. The number of likely N-dealkylation sites (tertiary alicyclic amines) is 1. The quantitative estimate of drug-likeness (QED) is 0.313. The van der Waals surface area contributed by atoms with Crippen LogP contribution >= 0.6 is 24.0 Å². The van der Waals surface area contributed by atoms with E-state index in [1.165, 1.54) is 24.0 Å². The Labute approximate surface area is 197 Å². The Morgan fingerprint density at radius 1 is 0.933 bits per heavy atom. The van der Waals surface area contributed by atoms with Gasteiger partial charge in [-0.05, 0) is 61.3 Å². The lowest BCUT2D eigenvalue weighted by Crippen LogP contribution is -2.42. The van der Waals surface area contributed by atoms with Crippen LogP contribution in [0.2, 0.25) is 0 Å². The van der Waals surface area contributed by atoms with Gasteiger partial charge < -0.3 is 20.1 Å². The molecule has 1 unspecified atom stereocenters. The van der Waals surface area contributed by atoms with Gasteiger partial charge in [-0.15, -0.1) is 24.0 Å². The van der Waals surface area contributed by atoms with Crippen LogP contribution in [0.3, 0.4) is 0 Å². The van der Waals surface area contributed by atoms with Crippen LogP contribution in [0.15, 0.2) is 53.5 Å². The number of halogens is 1. The zero-order valence-corrected chi connectivity index (χ0v) is 20.4. The summed E-state index contributed by atoms with van der Waals surface area (Å²) in [5, 5.41) is 6.91. The fourth-order valence-corrected chi connectivity index (χ4v) is 3.68. The number of hydrogen-bond donors (Lipinski definition) is 2. The highest BCUT2D eigenvalue weighted by Gasteiger charge is 2.23. The molecule has 0 aromatic heterocycles. The molecule has 1 heterocycles. The van der Waals surface area contributed by atoms with Gasteiger partial charge in [-0.1, -0.05) is 24.3 Å². The molecule has 6 nitrogen and oxygen atoms in total. The van der Waals surface area contributed by atoms with Gasteiger partial charge in [-0.2, -0.15) is 0 Å². The third kappa shape index (κ3) is 6.77. The largest absolute Gasteiger partial charge is 0.497 e. The molecule has 30 heavy (non-hydrogen) atoms. The lowest BCUT2D eigenvalue weighted by Gasteiger charge is -2.29. The average molecular weight is 524 g/mol. The third-order valence-electron chi connectivity index (χ3n) is 5.39. The number of aliphatic imine (C=N–C) groups is 1. The fraction of sp³-hybridized carbons (Fsp3) is 0.435. The normalized spacial score (nSPS) is 15.2. The Balaban J connectivity index is 0.00000320. The number of benzene rings is 2. The first-order valence-corrected chi connectivity index (χ1v) is 10.2. The second-order valence-corrected chi connectivity index (χ2v) is 7.19.